The lowest BCUT2D eigenvalue weighted by atomic mass is 10.1. The van der Waals surface area contributed by atoms with E-state index in [-0.39, 0.29) is 0 Å². The number of Topliss-reactive ketones (excluding diaryl/α,β-unsaturated/α-hetero) is 1. The Kier molecular flexibility index (Phi) is 2.04. The van der Waals surface area contributed by atoms with Gasteiger partial charge in [0.05, 0.1) is 0 Å². The van der Waals surface area contributed by atoms with Gasteiger partial charge in [0, 0.05) is 6.42 Å². The molecule has 0 radical (unpaired) electrons. The lowest BCUT2D eigenvalue weighted by molar-refractivity contribution is -0.115. The Labute approximate surface area is 55.8 Å². The van der Waals surface area contributed by atoms with Gasteiger partial charge in [-0.05, 0) is 18.4 Å². The summed E-state index contributed by atoms with van der Waals surface area (Å²) in [6.07, 6.45) is 5.90. The minimum atomic E-state index is 0.372. The molecule has 0 heterocycles. The van der Waals surface area contributed by atoms with Crippen LogP contribution in [0.2, 0.25) is 0 Å². The molecule has 0 saturated carbocycles. The monoisotopic (exact) mass is 124 g/mol. The molecule has 0 aliphatic heterocycles. The average molecular weight is 124 g/mol. The van der Waals surface area contributed by atoms with Gasteiger partial charge in [-0.25, -0.2) is 0 Å². The summed E-state index contributed by atoms with van der Waals surface area (Å²) in [5, 5.41) is 0. The Balaban J connectivity index is 2.11. The number of carbonyl (C=O) groups excluding carboxylic acids is 1. The topological polar surface area (TPSA) is 17.1 Å². The summed E-state index contributed by atoms with van der Waals surface area (Å²) in [6.45, 7) is 2.11. The maximum absolute atomic E-state index is 10.9. The quantitative estimate of drug-likeness (QED) is 0.560. The standard InChI is InChI=1S/C8H12O/c1-2-3-4-8(9)7-5-6-7/h5H,2-4,6H2,1H3. The van der Waals surface area contributed by atoms with Crippen molar-refractivity contribution >= 4 is 5.78 Å². The molecule has 0 bridgehead atoms. The predicted molar refractivity (Wildman–Crippen MR) is 37.2 cm³/mol. The zero-order valence-electron chi connectivity index (χ0n) is 5.81. The molecule has 0 unspecified atom stereocenters. The molecule has 9 heavy (non-hydrogen) atoms. The van der Waals surface area contributed by atoms with Crippen LogP contribution in [0.3, 0.4) is 0 Å². The number of hydrogen-bond acceptors (Lipinski definition) is 1. The molecule has 0 spiro atoms. The molecule has 0 N–H and O–H groups in total. The van der Waals surface area contributed by atoms with E-state index in [1.807, 2.05) is 6.08 Å². The van der Waals surface area contributed by atoms with Crippen molar-refractivity contribution in [2.24, 2.45) is 0 Å². The van der Waals surface area contributed by atoms with Crippen LogP contribution in [0.15, 0.2) is 11.6 Å². The largest absolute Gasteiger partial charge is 0.295 e. The van der Waals surface area contributed by atoms with Crippen molar-refractivity contribution in [3.8, 4) is 0 Å². The number of hydrogen-bond donors (Lipinski definition) is 0. The van der Waals surface area contributed by atoms with E-state index < -0.39 is 0 Å². The van der Waals surface area contributed by atoms with Crippen molar-refractivity contribution in [3.05, 3.63) is 11.6 Å². The number of carbonyl (C=O) groups is 1. The van der Waals surface area contributed by atoms with Gasteiger partial charge in [-0.15, -0.1) is 0 Å². The van der Waals surface area contributed by atoms with Crippen molar-refractivity contribution in [2.45, 2.75) is 32.6 Å². The first kappa shape index (κ1) is 6.53. The van der Waals surface area contributed by atoms with Crippen molar-refractivity contribution < 1.29 is 4.79 Å². The third kappa shape index (κ3) is 2.00. The first-order valence-corrected chi connectivity index (χ1v) is 3.57. The van der Waals surface area contributed by atoms with Gasteiger partial charge in [-0.3, -0.25) is 4.79 Å². The Morgan fingerprint density at radius 1 is 1.78 bits per heavy atom. The van der Waals surface area contributed by atoms with Gasteiger partial charge < -0.3 is 0 Å². The second kappa shape index (κ2) is 2.81. The van der Waals surface area contributed by atoms with Gasteiger partial charge in [0.15, 0.2) is 5.78 Å². The molecule has 0 amide bonds. The highest BCUT2D eigenvalue weighted by molar-refractivity contribution is 5.99. The first-order chi connectivity index (χ1) is 4.34. The fourth-order valence-corrected chi connectivity index (χ4v) is 0.777. The van der Waals surface area contributed by atoms with E-state index in [9.17, 15) is 4.79 Å². The fraction of sp³-hybridized carbons (Fsp3) is 0.625. The number of unbranched alkanes of at least 4 members (excludes halogenated alkanes) is 1. The van der Waals surface area contributed by atoms with E-state index in [1.54, 1.807) is 0 Å². The zero-order valence-corrected chi connectivity index (χ0v) is 5.81. The van der Waals surface area contributed by atoms with Crippen LogP contribution in [0.5, 0.6) is 0 Å². The summed E-state index contributed by atoms with van der Waals surface area (Å²) < 4.78 is 0. The van der Waals surface area contributed by atoms with E-state index in [2.05, 4.69) is 6.92 Å². The number of ketones is 1. The highest BCUT2D eigenvalue weighted by Crippen LogP contribution is 2.21. The maximum Gasteiger partial charge on any atom is 0.158 e. The zero-order chi connectivity index (χ0) is 6.69. The van der Waals surface area contributed by atoms with Gasteiger partial charge >= 0.3 is 0 Å². The van der Waals surface area contributed by atoms with E-state index >= 15 is 0 Å². The highest BCUT2D eigenvalue weighted by Gasteiger charge is 2.15. The molecule has 1 nitrogen and oxygen atoms in total. The molecule has 0 aromatic heterocycles. The molecule has 1 aliphatic rings. The Bertz CT molecular complexity index is 145. The summed E-state index contributed by atoms with van der Waals surface area (Å²) in [7, 11) is 0. The van der Waals surface area contributed by atoms with Gasteiger partial charge in [-0.2, -0.15) is 0 Å². The third-order valence-corrected chi connectivity index (χ3v) is 1.52. The predicted octanol–water partition coefficient (Wildman–Crippen LogP) is 2.08. The highest BCUT2D eigenvalue weighted by atomic mass is 16.1. The second-order valence-electron chi connectivity index (χ2n) is 2.46. The van der Waals surface area contributed by atoms with Crippen LogP contribution in [0.4, 0.5) is 0 Å². The van der Waals surface area contributed by atoms with Gasteiger partial charge in [0.25, 0.3) is 0 Å². The summed E-state index contributed by atoms with van der Waals surface area (Å²) in [6, 6.07) is 0. The maximum atomic E-state index is 10.9. The molecule has 0 saturated heterocycles. The second-order valence-corrected chi connectivity index (χ2v) is 2.46. The molecule has 0 atom stereocenters. The summed E-state index contributed by atoms with van der Waals surface area (Å²) in [5.41, 5.74) is 1.06. The lowest BCUT2D eigenvalue weighted by Gasteiger charge is -1.90. The minimum absolute atomic E-state index is 0.372. The summed E-state index contributed by atoms with van der Waals surface area (Å²) in [4.78, 5) is 10.9. The van der Waals surface area contributed by atoms with Crippen LogP contribution >= 0.6 is 0 Å². The van der Waals surface area contributed by atoms with Crippen LogP contribution < -0.4 is 0 Å². The Hall–Kier alpha value is -0.590. The van der Waals surface area contributed by atoms with Crippen molar-refractivity contribution in [1.82, 2.24) is 0 Å². The molecule has 50 valence electrons. The van der Waals surface area contributed by atoms with Crippen molar-refractivity contribution in [1.29, 1.82) is 0 Å². The summed E-state index contributed by atoms with van der Waals surface area (Å²) >= 11 is 0. The third-order valence-electron chi connectivity index (χ3n) is 1.52. The molecule has 0 fully saturated rings. The van der Waals surface area contributed by atoms with E-state index in [0.29, 0.717) is 5.78 Å². The minimum Gasteiger partial charge on any atom is -0.295 e. The lowest BCUT2D eigenvalue weighted by Crippen LogP contribution is -1.92. The van der Waals surface area contributed by atoms with Crippen molar-refractivity contribution in [3.63, 3.8) is 0 Å². The van der Waals surface area contributed by atoms with Gasteiger partial charge in [0.2, 0.25) is 0 Å². The van der Waals surface area contributed by atoms with Crippen LogP contribution in [-0.2, 0) is 4.79 Å². The van der Waals surface area contributed by atoms with E-state index in [0.717, 1.165) is 31.3 Å². The normalized spacial score (nSPS) is 15.0. The van der Waals surface area contributed by atoms with Gasteiger partial charge in [-0.1, -0.05) is 19.4 Å². The SMILES string of the molecule is CCCCC(=O)C1=CC1. The molecule has 1 heteroatoms. The van der Waals surface area contributed by atoms with E-state index in [4.69, 9.17) is 0 Å². The molecule has 0 aromatic rings. The summed E-state index contributed by atoms with van der Waals surface area (Å²) in [5.74, 6) is 0.372. The van der Waals surface area contributed by atoms with Crippen LogP contribution in [-0.4, -0.2) is 5.78 Å². The van der Waals surface area contributed by atoms with E-state index in [1.165, 1.54) is 0 Å². The van der Waals surface area contributed by atoms with Gasteiger partial charge in [0.1, 0.15) is 0 Å². The smallest absolute Gasteiger partial charge is 0.158 e. The molecule has 0 aromatic carbocycles. The molecular formula is C8H12O. The number of allylic oxidation sites excluding steroid dienone is 2. The molecular weight excluding hydrogens is 112 g/mol. The number of rotatable bonds is 4. The Morgan fingerprint density at radius 3 is 2.89 bits per heavy atom. The van der Waals surface area contributed by atoms with Crippen LogP contribution in [0, 0.1) is 0 Å². The first-order valence-electron chi connectivity index (χ1n) is 3.57. The molecule has 1 aliphatic carbocycles. The van der Waals surface area contributed by atoms with Crippen LogP contribution in [0.25, 0.3) is 0 Å². The average Bonchev–Trinajstić information content (AvgIpc) is 2.63. The van der Waals surface area contributed by atoms with Crippen LogP contribution in [0.1, 0.15) is 32.6 Å². The molecule has 1 rings (SSSR count). The Morgan fingerprint density at radius 2 is 2.44 bits per heavy atom. The van der Waals surface area contributed by atoms with Crippen molar-refractivity contribution in [2.75, 3.05) is 0 Å². The fourth-order valence-electron chi connectivity index (χ4n) is 0.777.